The molecule has 7 heteroatoms. The number of carbonyl (C=O) groups excluding carboxylic acids is 1. The maximum atomic E-state index is 12.3. The molecule has 1 aliphatic carbocycles. The predicted molar refractivity (Wildman–Crippen MR) is 110 cm³/mol. The van der Waals surface area contributed by atoms with E-state index < -0.39 is 0 Å². The highest BCUT2D eigenvalue weighted by molar-refractivity contribution is 5.80. The summed E-state index contributed by atoms with van der Waals surface area (Å²) in [5.41, 5.74) is 0. The molecular weight excluding hydrogens is 340 g/mol. The molecule has 0 unspecified atom stereocenters. The molecular formula is C20H38N6O. The highest BCUT2D eigenvalue weighted by Crippen LogP contribution is 2.28. The summed E-state index contributed by atoms with van der Waals surface area (Å²) in [5, 5.41) is 6.85. The van der Waals surface area contributed by atoms with E-state index >= 15 is 0 Å². The Kier molecular flexibility index (Phi) is 8.20. The van der Waals surface area contributed by atoms with Crippen LogP contribution in [0.3, 0.4) is 0 Å². The van der Waals surface area contributed by atoms with Crippen molar-refractivity contribution in [2.45, 2.75) is 38.5 Å². The van der Waals surface area contributed by atoms with Gasteiger partial charge < -0.3 is 20.4 Å². The van der Waals surface area contributed by atoms with Crippen molar-refractivity contribution in [1.29, 1.82) is 0 Å². The Morgan fingerprint density at radius 2 is 1.44 bits per heavy atom. The second-order valence-corrected chi connectivity index (χ2v) is 8.12. The molecule has 0 spiro atoms. The lowest BCUT2D eigenvalue weighted by Gasteiger charge is -2.38. The summed E-state index contributed by atoms with van der Waals surface area (Å²) in [4.78, 5) is 23.7. The fourth-order valence-corrected chi connectivity index (χ4v) is 4.17. The average Bonchev–Trinajstić information content (AvgIpc) is 2.66. The number of carbonyl (C=O) groups is 1. The van der Waals surface area contributed by atoms with Crippen LogP contribution in [-0.4, -0.2) is 99.1 Å². The van der Waals surface area contributed by atoms with Crippen LogP contribution in [0.5, 0.6) is 0 Å². The third kappa shape index (κ3) is 6.35. The van der Waals surface area contributed by atoms with E-state index in [0.29, 0.717) is 11.8 Å². The van der Waals surface area contributed by atoms with Gasteiger partial charge in [0.15, 0.2) is 5.96 Å². The Hall–Kier alpha value is -1.34. The highest BCUT2D eigenvalue weighted by Gasteiger charge is 2.30. The van der Waals surface area contributed by atoms with E-state index in [-0.39, 0.29) is 0 Å². The number of amides is 1. The van der Waals surface area contributed by atoms with Crippen molar-refractivity contribution in [2.24, 2.45) is 10.9 Å². The van der Waals surface area contributed by atoms with Gasteiger partial charge in [-0.05, 0) is 38.8 Å². The molecule has 2 N–H and O–H groups in total. The monoisotopic (exact) mass is 378 g/mol. The summed E-state index contributed by atoms with van der Waals surface area (Å²) in [6, 6.07) is 0. The van der Waals surface area contributed by atoms with E-state index in [4.69, 9.17) is 0 Å². The van der Waals surface area contributed by atoms with Gasteiger partial charge in [0.2, 0.25) is 5.91 Å². The SMILES string of the molecule is CN=C(NCCN1CCCCC1)NCCN1CCN(C(=O)C2CCC2)CC1. The number of piperazine rings is 1. The number of nitrogens with one attached hydrogen (secondary N) is 2. The molecule has 0 atom stereocenters. The molecule has 3 aliphatic rings. The number of rotatable bonds is 7. The fraction of sp³-hybridized carbons (Fsp3) is 0.900. The minimum atomic E-state index is 0.331. The maximum absolute atomic E-state index is 12.3. The normalized spacial score (nSPS) is 23.1. The predicted octanol–water partition coefficient (Wildman–Crippen LogP) is 0.582. The van der Waals surface area contributed by atoms with Gasteiger partial charge in [-0.2, -0.15) is 0 Å². The topological polar surface area (TPSA) is 63.2 Å². The standard InChI is InChI=1S/C20H38N6O/c1-21-20(22-8-12-24-10-3-2-4-11-24)23-9-13-25-14-16-26(17-15-25)19(27)18-6-5-7-18/h18H,2-17H2,1H3,(H2,21,22,23). The quantitative estimate of drug-likeness (QED) is 0.501. The molecule has 0 bridgehead atoms. The molecule has 27 heavy (non-hydrogen) atoms. The second kappa shape index (κ2) is 10.9. The number of hydrogen-bond donors (Lipinski definition) is 2. The molecule has 1 amide bonds. The molecule has 2 saturated heterocycles. The van der Waals surface area contributed by atoms with Crippen molar-refractivity contribution in [3.8, 4) is 0 Å². The van der Waals surface area contributed by atoms with Gasteiger partial charge in [0.1, 0.15) is 0 Å². The van der Waals surface area contributed by atoms with Gasteiger partial charge in [-0.25, -0.2) is 0 Å². The van der Waals surface area contributed by atoms with Gasteiger partial charge >= 0.3 is 0 Å². The van der Waals surface area contributed by atoms with E-state index in [1.54, 1.807) is 0 Å². The highest BCUT2D eigenvalue weighted by atomic mass is 16.2. The molecule has 2 heterocycles. The Bertz CT molecular complexity index is 479. The Morgan fingerprint density at radius 3 is 1.96 bits per heavy atom. The van der Waals surface area contributed by atoms with E-state index in [0.717, 1.165) is 71.2 Å². The van der Waals surface area contributed by atoms with Crippen molar-refractivity contribution < 1.29 is 4.79 Å². The van der Waals surface area contributed by atoms with Gasteiger partial charge in [0.25, 0.3) is 0 Å². The first kappa shape index (κ1) is 20.4. The van der Waals surface area contributed by atoms with Crippen LogP contribution in [0.2, 0.25) is 0 Å². The summed E-state index contributed by atoms with van der Waals surface area (Å²) in [5.74, 6) is 1.63. The minimum Gasteiger partial charge on any atom is -0.355 e. The average molecular weight is 379 g/mol. The number of aliphatic imine (C=N–C) groups is 1. The Labute approximate surface area is 164 Å². The summed E-state index contributed by atoms with van der Waals surface area (Å²) in [7, 11) is 1.83. The zero-order chi connectivity index (χ0) is 18.9. The lowest BCUT2D eigenvalue weighted by molar-refractivity contribution is -0.139. The van der Waals surface area contributed by atoms with Gasteiger partial charge in [0.05, 0.1) is 0 Å². The maximum Gasteiger partial charge on any atom is 0.225 e. The second-order valence-electron chi connectivity index (χ2n) is 8.12. The van der Waals surface area contributed by atoms with Crippen molar-refractivity contribution in [1.82, 2.24) is 25.3 Å². The number of piperidine rings is 1. The molecule has 7 nitrogen and oxygen atoms in total. The largest absolute Gasteiger partial charge is 0.355 e. The molecule has 0 aromatic carbocycles. The first-order valence-corrected chi connectivity index (χ1v) is 10.9. The van der Waals surface area contributed by atoms with E-state index in [1.165, 1.54) is 38.8 Å². The van der Waals surface area contributed by atoms with Crippen LogP contribution >= 0.6 is 0 Å². The van der Waals surface area contributed by atoms with Crippen LogP contribution in [0, 0.1) is 5.92 Å². The molecule has 2 aliphatic heterocycles. The molecule has 1 saturated carbocycles. The summed E-state index contributed by atoms with van der Waals surface area (Å²) >= 11 is 0. The molecule has 0 radical (unpaired) electrons. The third-order valence-electron chi connectivity index (χ3n) is 6.25. The molecule has 0 aromatic heterocycles. The van der Waals surface area contributed by atoms with Crippen LogP contribution in [0.4, 0.5) is 0 Å². The van der Waals surface area contributed by atoms with Crippen LogP contribution in [0.1, 0.15) is 38.5 Å². The van der Waals surface area contributed by atoms with Crippen LogP contribution in [0.25, 0.3) is 0 Å². The van der Waals surface area contributed by atoms with E-state index in [2.05, 4.69) is 30.3 Å². The van der Waals surface area contributed by atoms with E-state index in [1.807, 2.05) is 7.05 Å². The van der Waals surface area contributed by atoms with Gasteiger partial charge in [0, 0.05) is 65.3 Å². The summed E-state index contributed by atoms with van der Waals surface area (Å²) in [6.45, 7) is 10.2. The number of hydrogen-bond acceptors (Lipinski definition) is 4. The fourth-order valence-electron chi connectivity index (χ4n) is 4.17. The number of guanidine groups is 1. The minimum absolute atomic E-state index is 0.331. The first-order valence-electron chi connectivity index (χ1n) is 10.9. The summed E-state index contributed by atoms with van der Waals surface area (Å²) in [6.07, 6.45) is 7.50. The van der Waals surface area contributed by atoms with Crippen molar-refractivity contribution in [3.05, 3.63) is 0 Å². The van der Waals surface area contributed by atoms with E-state index in [9.17, 15) is 4.79 Å². The van der Waals surface area contributed by atoms with Crippen LogP contribution in [0.15, 0.2) is 4.99 Å². The van der Waals surface area contributed by atoms with Gasteiger partial charge in [-0.15, -0.1) is 0 Å². The zero-order valence-corrected chi connectivity index (χ0v) is 17.1. The molecule has 3 fully saturated rings. The Morgan fingerprint density at radius 1 is 0.852 bits per heavy atom. The van der Waals surface area contributed by atoms with Gasteiger partial charge in [-0.1, -0.05) is 12.8 Å². The third-order valence-corrected chi connectivity index (χ3v) is 6.25. The molecule has 0 aromatic rings. The number of likely N-dealkylation sites (tertiary alicyclic amines) is 1. The zero-order valence-electron chi connectivity index (χ0n) is 17.1. The Balaban J connectivity index is 1.24. The van der Waals surface area contributed by atoms with Crippen molar-refractivity contribution in [2.75, 3.05) is 72.5 Å². The molecule has 154 valence electrons. The lowest BCUT2D eigenvalue weighted by atomic mass is 9.84. The van der Waals surface area contributed by atoms with Crippen LogP contribution in [-0.2, 0) is 4.79 Å². The number of nitrogens with zero attached hydrogens (tertiary/aromatic N) is 4. The van der Waals surface area contributed by atoms with Gasteiger partial charge in [-0.3, -0.25) is 14.7 Å². The first-order chi connectivity index (χ1) is 13.3. The van der Waals surface area contributed by atoms with Crippen molar-refractivity contribution in [3.63, 3.8) is 0 Å². The van der Waals surface area contributed by atoms with Crippen LogP contribution < -0.4 is 10.6 Å². The van der Waals surface area contributed by atoms with Crippen molar-refractivity contribution >= 4 is 11.9 Å². The smallest absolute Gasteiger partial charge is 0.225 e. The molecule has 3 rings (SSSR count). The lowest BCUT2D eigenvalue weighted by Crippen LogP contribution is -2.52. The summed E-state index contributed by atoms with van der Waals surface area (Å²) < 4.78 is 0.